The Bertz CT molecular complexity index is 1100. The van der Waals surface area contributed by atoms with Crippen molar-refractivity contribution in [2.75, 3.05) is 36.4 Å². The third-order valence-electron chi connectivity index (χ3n) is 6.83. The molecule has 2 aromatic rings. The number of hydrogen-bond acceptors (Lipinski definition) is 4. The summed E-state index contributed by atoms with van der Waals surface area (Å²) >= 11 is 0. The summed E-state index contributed by atoms with van der Waals surface area (Å²) in [5.74, 6) is -0.278. The number of sulfonamides is 1. The van der Waals surface area contributed by atoms with Gasteiger partial charge in [0.05, 0.1) is 5.69 Å². The second kappa shape index (κ2) is 10.3. The topological polar surface area (TPSA) is 69.7 Å². The van der Waals surface area contributed by atoms with Crippen LogP contribution in [0, 0.1) is 6.92 Å². The maximum Gasteiger partial charge on any atom is 0.255 e. The molecule has 0 atom stereocenters. The van der Waals surface area contributed by atoms with E-state index in [9.17, 15) is 13.2 Å². The average Bonchev–Trinajstić information content (AvgIpc) is 2.86. The first-order chi connectivity index (χ1) is 15.9. The molecule has 0 saturated carbocycles. The number of aryl methyl sites for hydroxylation is 2. The number of piperidine rings is 2. The lowest BCUT2D eigenvalue weighted by Crippen LogP contribution is -2.37. The van der Waals surface area contributed by atoms with Gasteiger partial charge in [0.25, 0.3) is 5.91 Å². The highest BCUT2D eigenvalue weighted by atomic mass is 32.2. The molecule has 0 aliphatic carbocycles. The molecule has 7 heteroatoms. The van der Waals surface area contributed by atoms with Crippen LogP contribution in [0.4, 0.5) is 11.4 Å². The first-order valence-corrected chi connectivity index (χ1v) is 13.6. The van der Waals surface area contributed by atoms with Crippen LogP contribution in [-0.4, -0.2) is 44.8 Å². The summed E-state index contributed by atoms with van der Waals surface area (Å²) < 4.78 is 29.0. The Kier molecular flexibility index (Phi) is 7.39. The molecule has 1 N–H and O–H groups in total. The predicted molar refractivity (Wildman–Crippen MR) is 134 cm³/mol. The Morgan fingerprint density at radius 3 is 2.27 bits per heavy atom. The lowest BCUT2D eigenvalue weighted by molar-refractivity contribution is 0.102. The van der Waals surface area contributed by atoms with Gasteiger partial charge < -0.3 is 10.2 Å². The number of rotatable bonds is 6. The number of anilines is 2. The summed E-state index contributed by atoms with van der Waals surface area (Å²) in [5, 5.41) is 3.04. The van der Waals surface area contributed by atoms with Crippen LogP contribution in [0.15, 0.2) is 41.3 Å². The summed E-state index contributed by atoms with van der Waals surface area (Å²) in [6.45, 7) is 6.80. The van der Waals surface area contributed by atoms with E-state index in [1.807, 2.05) is 31.2 Å². The smallest absolute Gasteiger partial charge is 0.255 e. The summed E-state index contributed by atoms with van der Waals surface area (Å²) in [5.41, 5.74) is 3.97. The minimum atomic E-state index is -3.68. The molecular formula is C26H35N3O3S. The van der Waals surface area contributed by atoms with E-state index in [1.165, 1.54) is 6.42 Å². The molecule has 2 aliphatic heterocycles. The van der Waals surface area contributed by atoms with Crippen molar-refractivity contribution in [3.05, 3.63) is 53.1 Å². The molecule has 2 heterocycles. The molecule has 6 nitrogen and oxygen atoms in total. The van der Waals surface area contributed by atoms with E-state index in [-0.39, 0.29) is 10.8 Å². The first-order valence-electron chi connectivity index (χ1n) is 12.2. The summed E-state index contributed by atoms with van der Waals surface area (Å²) in [4.78, 5) is 15.7. The quantitative estimate of drug-likeness (QED) is 0.648. The fraction of sp³-hybridized carbons (Fsp3) is 0.500. The molecular weight excluding hydrogens is 434 g/mol. The van der Waals surface area contributed by atoms with Crippen molar-refractivity contribution in [3.8, 4) is 0 Å². The molecule has 33 heavy (non-hydrogen) atoms. The SMILES string of the molecule is CCc1cccc(C)c1NC(=O)c1ccc(N2CCCCC2)c(S(=O)(=O)N2CCCCC2)c1. The monoisotopic (exact) mass is 469 g/mol. The van der Waals surface area contributed by atoms with E-state index in [0.29, 0.717) is 18.7 Å². The van der Waals surface area contributed by atoms with Crippen LogP contribution in [0.3, 0.4) is 0 Å². The molecule has 0 unspecified atom stereocenters. The van der Waals surface area contributed by atoms with Gasteiger partial charge in [0.15, 0.2) is 0 Å². The third kappa shape index (κ3) is 5.09. The van der Waals surface area contributed by atoms with Gasteiger partial charge in [0.2, 0.25) is 10.0 Å². The van der Waals surface area contributed by atoms with E-state index in [1.54, 1.807) is 16.4 Å². The second-order valence-electron chi connectivity index (χ2n) is 9.11. The van der Waals surface area contributed by atoms with Crippen LogP contribution >= 0.6 is 0 Å². The average molecular weight is 470 g/mol. The second-order valence-corrected chi connectivity index (χ2v) is 11.0. The van der Waals surface area contributed by atoms with Crippen LogP contribution in [0.2, 0.25) is 0 Å². The molecule has 0 radical (unpaired) electrons. The number of carbonyl (C=O) groups is 1. The van der Waals surface area contributed by atoms with Crippen LogP contribution < -0.4 is 10.2 Å². The number of amides is 1. The summed E-state index contributed by atoms with van der Waals surface area (Å²) in [6.07, 6.45) is 6.90. The molecule has 4 rings (SSSR count). The number of nitrogens with one attached hydrogen (secondary N) is 1. The zero-order valence-electron chi connectivity index (χ0n) is 19.8. The van der Waals surface area contributed by atoms with E-state index in [0.717, 1.165) is 74.1 Å². The van der Waals surface area contributed by atoms with E-state index in [2.05, 4.69) is 17.1 Å². The minimum Gasteiger partial charge on any atom is -0.370 e. The number of benzene rings is 2. The standard InChI is InChI=1S/C26H35N3O3S/c1-3-21-12-10-11-20(2)25(21)27-26(30)22-13-14-23(28-15-6-4-7-16-28)24(19-22)33(31,32)29-17-8-5-9-18-29/h10-14,19H,3-9,15-18H2,1-2H3,(H,27,30). The molecule has 1 amide bonds. The third-order valence-corrected chi connectivity index (χ3v) is 8.76. The van der Waals surface area contributed by atoms with Crippen molar-refractivity contribution < 1.29 is 13.2 Å². The zero-order valence-corrected chi connectivity index (χ0v) is 20.6. The van der Waals surface area contributed by atoms with Crippen molar-refractivity contribution >= 4 is 27.3 Å². The summed E-state index contributed by atoms with van der Waals surface area (Å²) in [6, 6.07) is 11.1. The molecule has 178 valence electrons. The number of para-hydroxylation sites is 1. The largest absolute Gasteiger partial charge is 0.370 e. The molecule has 2 fully saturated rings. The Hall–Kier alpha value is -2.38. The molecule has 2 aromatic carbocycles. The van der Waals surface area contributed by atoms with E-state index in [4.69, 9.17) is 0 Å². The molecule has 2 saturated heterocycles. The van der Waals surface area contributed by atoms with Gasteiger partial charge in [-0.2, -0.15) is 4.31 Å². The van der Waals surface area contributed by atoms with Crippen molar-refractivity contribution in [2.45, 2.75) is 63.7 Å². The van der Waals surface area contributed by atoms with Gasteiger partial charge in [0, 0.05) is 37.4 Å². The van der Waals surface area contributed by atoms with Crippen molar-refractivity contribution in [1.29, 1.82) is 0 Å². The lowest BCUT2D eigenvalue weighted by atomic mass is 10.0. The number of nitrogens with zero attached hydrogens (tertiary/aromatic N) is 2. The van der Waals surface area contributed by atoms with Gasteiger partial charge in [-0.15, -0.1) is 0 Å². The van der Waals surface area contributed by atoms with Crippen LogP contribution in [-0.2, 0) is 16.4 Å². The molecule has 0 aromatic heterocycles. The van der Waals surface area contributed by atoms with Gasteiger partial charge in [-0.3, -0.25) is 4.79 Å². The van der Waals surface area contributed by atoms with Gasteiger partial charge in [-0.25, -0.2) is 8.42 Å². The van der Waals surface area contributed by atoms with Crippen molar-refractivity contribution in [1.82, 2.24) is 4.31 Å². The highest BCUT2D eigenvalue weighted by Crippen LogP contribution is 2.33. The molecule has 0 spiro atoms. The van der Waals surface area contributed by atoms with Gasteiger partial charge in [0.1, 0.15) is 4.90 Å². The van der Waals surface area contributed by atoms with E-state index < -0.39 is 10.0 Å². The summed E-state index contributed by atoms with van der Waals surface area (Å²) in [7, 11) is -3.68. The molecule has 0 bridgehead atoms. The Labute approximate surface area is 198 Å². The number of carbonyl (C=O) groups excluding carboxylic acids is 1. The lowest BCUT2D eigenvalue weighted by Gasteiger charge is -2.33. The fourth-order valence-corrected chi connectivity index (χ4v) is 6.64. The van der Waals surface area contributed by atoms with Crippen LogP contribution in [0.1, 0.15) is 66.9 Å². The van der Waals surface area contributed by atoms with E-state index >= 15 is 0 Å². The Morgan fingerprint density at radius 2 is 1.61 bits per heavy atom. The van der Waals surface area contributed by atoms with Gasteiger partial charge in [-0.05, 0) is 74.8 Å². The van der Waals surface area contributed by atoms with Crippen LogP contribution in [0.5, 0.6) is 0 Å². The highest BCUT2D eigenvalue weighted by Gasteiger charge is 2.31. The Balaban J connectivity index is 1.72. The molecule has 2 aliphatic rings. The van der Waals surface area contributed by atoms with Gasteiger partial charge in [-0.1, -0.05) is 31.5 Å². The minimum absolute atomic E-state index is 0.263. The van der Waals surface area contributed by atoms with Gasteiger partial charge >= 0.3 is 0 Å². The van der Waals surface area contributed by atoms with Crippen molar-refractivity contribution in [2.24, 2.45) is 0 Å². The van der Waals surface area contributed by atoms with Crippen molar-refractivity contribution in [3.63, 3.8) is 0 Å². The maximum atomic E-state index is 13.7. The fourth-order valence-electron chi connectivity index (χ4n) is 4.89. The predicted octanol–water partition coefficient (Wildman–Crippen LogP) is 4.97. The normalized spacial score (nSPS) is 17.7. The zero-order chi connectivity index (χ0) is 23.4. The van der Waals surface area contributed by atoms with Crippen LogP contribution in [0.25, 0.3) is 0 Å². The maximum absolute atomic E-state index is 13.7. The highest BCUT2D eigenvalue weighted by molar-refractivity contribution is 7.89. The Morgan fingerprint density at radius 1 is 0.939 bits per heavy atom. The number of hydrogen-bond donors (Lipinski definition) is 1. The first kappa shape index (κ1) is 23.8.